The zero-order valence-corrected chi connectivity index (χ0v) is 46.0. The molecule has 6 rings (SSSR count). The summed E-state index contributed by atoms with van der Waals surface area (Å²) in [5.41, 5.74) is -1.79. The van der Waals surface area contributed by atoms with Crippen molar-refractivity contribution in [1.82, 2.24) is 46.8 Å². The van der Waals surface area contributed by atoms with Crippen molar-refractivity contribution in [3.63, 3.8) is 0 Å². The fraction of sp³-hybridized carbons (Fsp3) is 0.472. The SMILES string of the molecule is CCC(C)C1NC(=O)C(NC(=O)C(C)NC(=O)c2c(Cl)ccn2O)C(C)OC(=O)C2COC(=O)CNC(=O)/C=C\C(O)(COC)C(C)Oc3ccc(cc3)C(NC1=O)C(=O)N(C)C(Cc1ccccc1)C(=O)NC(C(C)O)C(=O)N2. The Morgan fingerprint density at radius 1 is 0.875 bits per heavy atom. The summed E-state index contributed by atoms with van der Waals surface area (Å²) in [5.74, 6) is -11.5. The van der Waals surface area contributed by atoms with Gasteiger partial charge in [-0.3, -0.25) is 43.2 Å². The molecule has 1 fully saturated rings. The minimum atomic E-state index is -2.04. The van der Waals surface area contributed by atoms with E-state index in [-0.39, 0.29) is 29.2 Å². The molecule has 1 aromatic heterocycles. The summed E-state index contributed by atoms with van der Waals surface area (Å²) in [7, 11) is 2.57. The number of likely N-dealkylation sites (N-methyl/N-ethyl adjacent to an activating group) is 1. The molecule has 0 aliphatic carbocycles. The predicted molar refractivity (Wildman–Crippen MR) is 282 cm³/mol. The minimum absolute atomic E-state index is 0.101. The maximum Gasteiger partial charge on any atom is 0.332 e. The van der Waals surface area contributed by atoms with E-state index in [2.05, 4.69) is 37.2 Å². The molecule has 26 nitrogen and oxygen atoms in total. The Kier molecular flexibility index (Phi) is 22.1. The van der Waals surface area contributed by atoms with E-state index in [0.29, 0.717) is 10.3 Å². The molecule has 3 aliphatic rings. The summed E-state index contributed by atoms with van der Waals surface area (Å²) >= 11 is 6.07. The number of aliphatic hydroxyl groups excluding tert-OH is 1. The number of rotatable bonds is 11. The van der Waals surface area contributed by atoms with Gasteiger partial charge in [-0.25, -0.2) is 4.79 Å². The summed E-state index contributed by atoms with van der Waals surface area (Å²) in [6.45, 7) is 5.98. The van der Waals surface area contributed by atoms with Crippen LogP contribution in [0, 0.1) is 5.92 Å². The number of halogens is 1. The number of hydrogen-bond donors (Lipinski definition) is 10. The number of hydrogen-bond acceptors (Lipinski definition) is 17. The maximum atomic E-state index is 15.2. The first-order valence-electron chi connectivity index (χ1n) is 25.5. The number of nitrogens with one attached hydrogen (secondary N) is 7. The Morgan fingerprint density at radius 2 is 1.52 bits per heavy atom. The second-order valence-electron chi connectivity index (χ2n) is 19.4. The van der Waals surface area contributed by atoms with Gasteiger partial charge in [0.2, 0.25) is 41.4 Å². The molecule has 8 amide bonds. The van der Waals surface area contributed by atoms with E-state index < -0.39 is 157 Å². The number of methoxy groups -OCH3 is 1. The van der Waals surface area contributed by atoms with Crippen LogP contribution in [0.1, 0.15) is 75.6 Å². The number of cyclic esters (lactones) is 1. The molecule has 80 heavy (non-hydrogen) atoms. The van der Waals surface area contributed by atoms with Gasteiger partial charge >= 0.3 is 11.9 Å². The van der Waals surface area contributed by atoms with Crippen molar-refractivity contribution in [2.45, 2.75) is 121 Å². The third-order valence-electron chi connectivity index (χ3n) is 13.5. The van der Waals surface area contributed by atoms with Crippen LogP contribution in [0.5, 0.6) is 5.75 Å². The van der Waals surface area contributed by atoms with Crippen molar-refractivity contribution in [1.29, 1.82) is 0 Å². The Labute approximate surface area is 465 Å². The monoisotopic (exact) mass is 1140 g/mol. The molecule has 0 radical (unpaired) electrons. The second-order valence-corrected chi connectivity index (χ2v) is 19.8. The van der Waals surface area contributed by atoms with Gasteiger partial charge in [0.1, 0.15) is 73.0 Å². The molecule has 10 N–H and O–H groups in total. The molecule has 12 unspecified atom stereocenters. The summed E-state index contributed by atoms with van der Waals surface area (Å²) in [6.07, 6.45) is -1.57. The van der Waals surface area contributed by atoms with Crippen molar-refractivity contribution in [2.75, 3.05) is 33.9 Å². The molecule has 4 bridgehead atoms. The highest BCUT2D eigenvalue weighted by atomic mass is 35.5. The van der Waals surface area contributed by atoms with Gasteiger partial charge in [0, 0.05) is 32.9 Å². The first-order valence-corrected chi connectivity index (χ1v) is 25.8. The molecular weight excluding hydrogens is 1070 g/mol. The van der Waals surface area contributed by atoms with E-state index in [1.165, 1.54) is 58.3 Å². The van der Waals surface area contributed by atoms with Crippen LogP contribution >= 0.6 is 11.6 Å². The minimum Gasteiger partial charge on any atom is -0.487 e. The van der Waals surface area contributed by atoms with Crippen molar-refractivity contribution in [2.24, 2.45) is 5.92 Å². The zero-order chi connectivity index (χ0) is 59.2. The van der Waals surface area contributed by atoms with E-state index >= 15 is 4.79 Å². The molecule has 12 atom stereocenters. The van der Waals surface area contributed by atoms with Gasteiger partial charge in [-0.15, -0.1) is 0 Å². The molecule has 3 aromatic rings. The van der Waals surface area contributed by atoms with Gasteiger partial charge in [-0.2, -0.15) is 4.73 Å². The third kappa shape index (κ3) is 16.3. The molecule has 4 heterocycles. The van der Waals surface area contributed by atoms with Crippen LogP contribution in [0.2, 0.25) is 5.02 Å². The number of nitrogens with zero attached hydrogens (tertiary/aromatic N) is 2. The maximum absolute atomic E-state index is 15.2. The van der Waals surface area contributed by atoms with Gasteiger partial charge < -0.3 is 76.5 Å². The van der Waals surface area contributed by atoms with Crippen LogP contribution in [0.15, 0.2) is 79.0 Å². The van der Waals surface area contributed by atoms with Crippen LogP contribution < -0.4 is 42.0 Å². The topological polar surface area (TPSA) is 361 Å². The zero-order valence-electron chi connectivity index (χ0n) is 45.2. The Bertz CT molecular complexity index is 2760. The van der Waals surface area contributed by atoms with Crippen LogP contribution in [-0.4, -0.2) is 178 Å². The number of aliphatic hydroxyl groups is 2. The van der Waals surface area contributed by atoms with Crippen molar-refractivity contribution in [3.05, 3.63) is 101 Å². The summed E-state index contributed by atoms with van der Waals surface area (Å²) in [6, 6.07) is 3.13. The molecule has 1 saturated heterocycles. The Morgan fingerprint density at radius 3 is 2.14 bits per heavy atom. The summed E-state index contributed by atoms with van der Waals surface area (Å²) < 4.78 is 22.8. The lowest BCUT2D eigenvalue weighted by molar-refractivity contribution is -0.160. The number of carbonyl (C=O) groups excluding carboxylic acids is 10. The summed E-state index contributed by atoms with van der Waals surface area (Å²) in [4.78, 5) is 143. The fourth-order valence-corrected chi connectivity index (χ4v) is 8.57. The molecule has 434 valence electrons. The van der Waals surface area contributed by atoms with Gasteiger partial charge in [0.05, 0.1) is 17.7 Å². The molecular formula is C53H68ClN9O17. The van der Waals surface area contributed by atoms with Crippen molar-refractivity contribution >= 4 is 70.8 Å². The molecule has 0 saturated carbocycles. The number of aromatic nitrogens is 1. The smallest absolute Gasteiger partial charge is 0.332 e. The number of esters is 2. The average Bonchev–Trinajstić information content (AvgIpc) is 3.77. The number of carbonyl (C=O) groups is 10. The first-order chi connectivity index (χ1) is 37.8. The van der Waals surface area contributed by atoms with Crippen LogP contribution in [0.25, 0.3) is 0 Å². The predicted octanol–water partition coefficient (Wildman–Crippen LogP) is -0.890. The lowest BCUT2D eigenvalue weighted by Crippen LogP contribution is -2.62. The van der Waals surface area contributed by atoms with Crippen molar-refractivity contribution < 1.29 is 82.3 Å². The van der Waals surface area contributed by atoms with E-state index in [4.69, 9.17) is 30.5 Å². The summed E-state index contributed by atoms with van der Waals surface area (Å²) in [5, 5.41) is 49.8. The number of benzene rings is 2. The van der Waals surface area contributed by atoms with Crippen LogP contribution in [0.3, 0.4) is 0 Å². The lowest BCUT2D eigenvalue weighted by atomic mass is 9.95. The second kappa shape index (κ2) is 28.2. The fourth-order valence-electron chi connectivity index (χ4n) is 8.34. The lowest BCUT2D eigenvalue weighted by Gasteiger charge is -2.34. The largest absolute Gasteiger partial charge is 0.487 e. The number of fused-ring (bicyclic) bond motifs is 11. The van der Waals surface area contributed by atoms with E-state index in [0.717, 1.165) is 37.1 Å². The highest BCUT2D eigenvalue weighted by molar-refractivity contribution is 6.33. The number of amides is 8. The van der Waals surface area contributed by atoms with Gasteiger partial charge in [0.25, 0.3) is 5.91 Å². The number of ether oxygens (including phenoxy) is 4. The molecule has 3 aliphatic heterocycles. The van der Waals surface area contributed by atoms with Crippen LogP contribution in [-0.2, 0) is 63.8 Å². The van der Waals surface area contributed by atoms with Gasteiger partial charge in [-0.1, -0.05) is 74.3 Å². The van der Waals surface area contributed by atoms with Gasteiger partial charge in [-0.05, 0) is 69.0 Å². The third-order valence-corrected chi connectivity index (χ3v) is 13.8. The molecule has 2 aromatic carbocycles. The highest BCUT2D eigenvalue weighted by Crippen LogP contribution is 2.26. The van der Waals surface area contributed by atoms with E-state index in [1.54, 1.807) is 44.2 Å². The molecule has 0 spiro atoms. The quantitative estimate of drug-likeness (QED) is 0.0822. The van der Waals surface area contributed by atoms with Gasteiger partial charge in [0.15, 0.2) is 11.7 Å². The average molecular weight is 1140 g/mol. The highest BCUT2D eigenvalue weighted by Gasteiger charge is 2.42. The van der Waals surface area contributed by atoms with Crippen molar-refractivity contribution in [3.8, 4) is 5.75 Å². The Balaban J connectivity index is 1.72. The molecule has 27 heteroatoms. The van der Waals surface area contributed by atoms with E-state index in [1.807, 2.05) is 0 Å². The Hall–Kier alpha value is -8.07. The van der Waals surface area contributed by atoms with Crippen LogP contribution in [0.4, 0.5) is 0 Å². The first kappa shape index (κ1) is 62.8. The normalized spacial score (nSPS) is 26.7. The van der Waals surface area contributed by atoms with E-state index in [9.17, 15) is 58.6 Å². The standard InChI is InChI=1S/C53H68ClN9O17/c1-9-27(2)40-47(69)61-43-33-15-17-34(18-16-33)80-31(6)53(75,26-77-8)21-19-38(65)55-24-39(66)78-25-36(57-48(70)41(29(4)64)59-46(68)37(62(7)51(43)73)23-32-13-11-10-12-14-32)52(74)79-30(5)42(49(71)58-40)60-45(67)28(3)56-50(72)44-35(54)20-22-63(44)76/h10-22,27-31,36-37,40-43,64,75-76H,9,23-26H2,1-8H3,(H,55,65)(H,56,72)(H,57,70)(H,58,71)(H,59,68)(H,60,67)(H,61,69)/b21-19-.